The Morgan fingerprint density at radius 1 is 1.23 bits per heavy atom. The van der Waals surface area contributed by atoms with E-state index >= 15 is 0 Å². The lowest BCUT2D eigenvalue weighted by Crippen LogP contribution is -2.41. The molecule has 0 heterocycles. The van der Waals surface area contributed by atoms with Crippen LogP contribution in [0.2, 0.25) is 0 Å². The van der Waals surface area contributed by atoms with E-state index in [0.717, 1.165) is 19.2 Å². The lowest BCUT2D eigenvalue weighted by molar-refractivity contribution is -0.123. The molecule has 0 aliphatic rings. The first-order chi connectivity index (χ1) is 6.19. The normalized spacial score (nSPS) is 11.9. The third kappa shape index (κ3) is 3.92. The van der Waals surface area contributed by atoms with Crippen LogP contribution in [0.5, 0.6) is 0 Å². The van der Waals surface area contributed by atoms with Gasteiger partial charge in [0.25, 0.3) is 0 Å². The molecular weight excluding hydrogens is 168 g/mol. The molecule has 0 rings (SSSR count). The highest BCUT2D eigenvalue weighted by Crippen LogP contribution is 2.02. The van der Waals surface area contributed by atoms with Gasteiger partial charge in [-0.1, -0.05) is 6.92 Å². The standard InChI is InChI=1S/C9H18N2O2/c1-4-9(6-10(3)7-12)11(5-2)8-13/h7-9H,4-6H2,1-3H3. The topological polar surface area (TPSA) is 40.6 Å². The third-order valence-electron chi connectivity index (χ3n) is 2.12. The number of amides is 2. The fourth-order valence-electron chi connectivity index (χ4n) is 1.26. The first kappa shape index (κ1) is 11.9. The van der Waals surface area contributed by atoms with E-state index in [0.29, 0.717) is 13.1 Å². The zero-order chi connectivity index (χ0) is 10.3. The van der Waals surface area contributed by atoms with E-state index in [2.05, 4.69) is 0 Å². The van der Waals surface area contributed by atoms with Crippen molar-refractivity contribution in [2.24, 2.45) is 0 Å². The lowest BCUT2D eigenvalue weighted by Gasteiger charge is -2.28. The molecular formula is C9H18N2O2. The van der Waals surface area contributed by atoms with Gasteiger partial charge in [-0.15, -0.1) is 0 Å². The van der Waals surface area contributed by atoms with Gasteiger partial charge in [0.15, 0.2) is 0 Å². The molecule has 0 bridgehead atoms. The van der Waals surface area contributed by atoms with Gasteiger partial charge in [-0.25, -0.2) is 0 Å². The van der Waals surface area contributed by atoms with Crippen LogP contribution in [-0.4, -0.2) is 48.8 Å². The van der Waals surface area contributed by atoms with Crippen LogP contribution in [0.25, 0.3) is 0 Å². The van der Waals surface area contributed by atoms with Crippen molar-refractivity contribution in [3.63, 3.8) is 0 Å². The van der Waals surface area contributed by atoms with Crippen molar-refractivity contribution in [1.29, 1.82) is 0 Å². The molecule has 0 N–H and O–H groups in total. The number of carbonyl (C=O) groups excluding carboxylic acids is 2. The predicted molar refractivity (Wildman–Crippen MR) is 51.2 cm³/mol. The maximum Gasteiger partial charge on any atom is 0.210 e. The highest BCUT2D eigenvalue weighted by atomic mass is 16.1. The lowest BCUT2D eigenvalue weighted by atomic mass is 10.2. The second-order valence-corrected chi connectivity index (χ2v) is 3.04. The summed E-state index contributed by atoms with van der Waals surface area (Å²) in [5.41, 5.74) is 0. The minimum absolute atomic E-state index is 0.137. The summed E-state index contributed by atoms with van der Waals surface area (Å²) in [7, 11) is 1.72. The average molecular weight is 186 g/mol. The number of carbonyl (C=O) groups is 2. The summed E-state index contributed by atoms with van der Waals surface area (Å²) < 4.78 is 0. The molecule has 2 amide bonds. The number of hydrogen-bond acceptors (Lipinski definition) is 2. The molecule has 0 saturated carbocycles. The van der Waals surface area contributed by atoms with Crippen molar-refractivity contribution in [2.45, 2.75) is 26.3 Å². The van der Waals surface area contributed by atoms with E-state index in [-0.39, 0.29) is 6.04 Å². The Labute approximate surface area is 79.5 Å². The second kappa shape index (κ2) is 6.46. The zero-order valence-corrected chi connectivity index (χ0v) is 8.56. The molecule has 76 valence electrons. The average Bonchev–Trinajstić information content (AvgIpc) is 2.17. The van der Waals surface area contributed by atoms with Crippen LogP contribution in [0.3, 0.4) is 0 Å². The van der Waals surface area contributed by atoms with Gasteiger partial charge in [0.2, 0.25) is 12.8 Å². The molecule has 0 aromatic carbocycles. The Hall–Kier alpha value is -1.06. The second-order valence-electron chi connectivity index (χ2n) is 3.04. The molecule has 0 aromatic rings. The summed E-state index contributed by atoms with van der Waals surface area (Å²) in [5.74, 6) is 0. The van der Waals surface area contributed by atoms with Crippen molar-refractivity contribution in [3.8, 4) is 0 Å². The summed E-state index contributed by atoms with van der Waals surface area (Å²) >= 11 is 0. The first-order valence-corrected chi connectivity index (χ1v) is 4.56. The Bertz CT molecular complexity index is 162. The van der Waals surface area contributed by atoms with Crippen LogP contribution in [0.15, 0.2) is 0 Å². The van der Waals surface area contributed by atoms with Crippen molar-refractivity contribution in [1.82, 2.24) is 9.80 Å². The predicted octanol–water partition coefficient (Wildman–Crippen LogP) is 0.332. The molecule has 13 heavy (non-hydrogen) atoms. The van der Waals surface area contributed by atoms with Crippen LogP contribution in [0, 0.1) is 0 Å². The first-order valence-electron chi connectivity index (χ1n) is 4.56. The Kier molecular flexibility index (Phi) is 5.93. The number of rotatable bonds is 7. The van der Waals surface area contributed by atoms with Gasteiger partial charge in [0, 0.05) is 26.2 Å². The molecule has 0 radical (unpaired) electrons. The molecule has 0 saturated heterocycles. The van der Waals surface area contributed by atoms with E-state index in [9.17, 15) is 9.59 Å². The van der Waals surface area contributed by atoms with Gasteiger partial charge >= 0.3 is 0 Å². The Morgan fingerprint density at radius 2 is 1.85 bits per heavy atom. The molecule has 1 atom stereocenters. The summed E-state index contributed by atoms with van der Waals surface area (Å²) in [6, 6.07) is 0.137. The molecule has 4 heteroatoms. The Balaban J connectivity index is 4.13. The quantitative estimate of drug-likeness (QED) is 0.538. The van der Waals surface area contributed by atoms with Gasteiger partial charge < -0.3 is 9.80 Å². The smallest absolute Gasteiger partial charge is 0.210 e. The zero-order valence-electron chi connectivity index (χ0n) is 8.56. The van der Waals surface area contributed by atoms with Crippen molar-refractivity contribution in [2.75, 3.05) is 20.1 Å². The van der Waals surface area contributed by atoms with Crippen molar-refractivity contribution in [3.05, 3.63) is 0 Å². The molecule has 0 aliphatic heterocycles. The third-order valence-corrected chi connectivity index (χ3v) is 2.12. The van der Waals surface area contributed by atoms with E-state index in [1.165, 1.54) is 0 Å². The maximum absolute atomic E-state index is 10.6. The van der Waals surface area contributed by atoms with Gasteiger partial charge in [0.1, 0.15) is 0 Å². The number of hydrogen-bond donors (Lipinski definition) is 0. The van der Waals surface area contributed by atoms with Gasteiger partial charge in [-0.05, 0) is 13.3 Å². The van der Waals surface area contributed by atoms with E-state index < -0.39 is 0 Å². The highest BCUT2D eigenvalue weighted by molar-refractivity contribution is 5.49. The van der Waals surface area contributed by atoms with Crippen molar-refractivity contribution < 1.29 is 9.59 Å². The highest BCUT2D eigenvalue weighted by Gasteiger charge is 2.14. The molecule has 0 fully saturated rings. The fraction of sp³-hybridized carbons (Fsp3) is 0.778. The summed E-state index contributed by atoms with van der Waals surface area (Å²) in [5, 5.41) is 0. The summed E-state index contributed by atoms with van der Waals surface area (Å²) in [6.45, 7) is 5.23. The maximum atomic E-state index is 10.6. The van der Waals surface area contributed by atoms with Crippen LogP contribution < -0.4 is 0 Å². The molecule has 0 aliphatic carbocycles. The van der Waals surface area contributed by atoms with Gasteiger partial charge in [-0.3, -0.25) is 9.59 Å². The minimum atomic E-state index is 0.137. The van der Waals surface area contributed by atoms with Crippen LogP contribution in [0.4, 0.5) is 0 Å². The van der Waals surface area contributed by atoms with Crippen LogP contribution in [0.1, 0.15) is 20.3 Å². The number of likely N-dealkylation sites (N-methyl/N-ethyl adjacent to an activating group) is 2. The monoisotopic (exact) mass is 186 g/mol. The van der Waals surface area contributed by atoms with Crippen LogP contribution >= 0.6 is 0 Å². The van der Waals surface area contributed by atoms with Crippen LogP contribution in [-0.2, 0) is 9.59 Å². The number of nitrogens with zero attached hydrogens (tertiary/aromatic N) is 2. The SMILES string of the molecule is CCC(CN(C)C=O)N(C=O)CC. The largest absolute Gasteiger partial charge is 0.346 e. The van der Waals surface area contributed by atoms with E-state index in [1.54, 1.807) is 16.8 Å². The van der Waals surface area contributed by atoms with Gasteiger partial charge in [0.05, 0.1) is 0 Å². The minimum Gasteiger partial charge on any atom is -0.346 e. The van der Waals surface area contributed by atoms with Crippen molar-refractivity contribution >= 4 is 12.8 Å². The van der Waals surface area contributed by atoms with Gasteiger partial charge in [-0.2, -0.15) is 0 Å². The van der Waals surface area contributed by atoms with E-state index in [1.807, 2.05) is 13.8 Å². The fourth-order valence-corrected chi connectivity index (χ4v) is 1.26. The summed E-state index contributed by atoms with van der Waals surface area (Å²) in [4.78, 5) is 24.3. The molecule has 0 spiro atoms. The Morgan fingerprint density at radius 3 is 2.15 bits per heavy atom. The molecule has 0 aromatic heterocycles. The molecule has 4 nitrogen and oxygen atoms in total. The molecule has 1 unspecified atom stereocenters. The summed E-state index contributed by atoms with van der Waals surface area (Å²) in [6.07, 6.45) is 2.48. The van der Waals surface area contributed by atoms with E-state index in [4.69, 9.17) is 0 Å².